The first-order valence-electron chi connectivity index (χ1n) is 18.4. The van der Waals surface area contributed by atoms with Crippen LogP contribution in [0.5, 0.6) is 0 Å². The molecule has 1 aromatic rings. The normalized spacial score (nSPS) is 22.0. The monoisotopic (exact) mass is 668 g/mol. The number of nitrogens with zero attached hydrogens (tertiary/aromatic N) is 3. The Bertz CT molecular complexity index is 1690. The van der Waals surface area contributed by atoms with Crippen molar-refractivity contribution in [2.45, 2.75) is 120 Å². The number of fused-ring (bicyclic) bond motifs is 2. The predicted octanol–water partition coefficient (Wildman–Crippen LogP) is 8.49. The van der Waals surface area contributed by atoms with Crippen molar-refractivity contribution in [3.8, 4) is 0 Å². The number of rotatable bonds is 8. The van der Waals surface area contributed by atoms with E-state index >= 15 is 0 Å². The summed E-state index contributed by atoms with van der Waals surface area (Å²) < 4.78 is 0. The highest BCUT2D eigenvalue weighted by Crippen LogP contribution is 2.46. The molecule has 1 fully saturated rings. The molecule has 264 valence electrons. The number of likely N-dealkylation sites (tertiary alicyclic amines) is 1. The largest absolute Gasteiger partial charge is 0.506 e. The molecule has 0 saturated carbocycles. The fourth-order valence-corrected chi connectivity index (χ4v) is 6.90. The molecule has 2 heterocycles. The molecule has 2 N–H and O–H groups in total. The Balaban J connectivity index is 1.67. The lowest BCUT2D eigenvalue weighted by atomic mass is 9.76. The Morgan fingerprint density at radius 2 is 1.65 bits per heavy atom. The fourth-order valence-electron chi connectivity index (χ4n) is 6.90. The maximum atomic E-state index is 14.3. The Hall–Kier alpha value is -3.94. The number of ketones is 1. The third-order valence-electron chi connectivity index (χ3n) is 10.1. The Morgan fingerprint density at radius 3 is 2.29 bits per heavy atom. The van der Waals surface area contributed by atoms with E-state index in [1.165, 1.54) is 0 Å². The minimum Gasteiger partial charge on any atom is -0.506 e. The number of hydrogen-bond donors (Lipinski definition) is 2. The lowest BCUT2D eigenvalue weighted by Gasteiger charge is -2.38. The summed E-state index contributed by atoms with van der Waals surface area (Å²) in [5, 5.41) is 14.9. The number of piperidine rings is 1. The van der Waals surface area contributed by atoms with Crippen molar-refractivity contribution in [3.63, 3.8) is 0 Å². The number of aryl methyl sites for hydroxylation is 1. The van der Waals surface area contributed by atoms with Gasteiger partial charge in [-0.1, -0.05) is 68.2 Å². The maximum Gasteiger partial charge on any atom is 0.251 e. The average Bonchev–Trinajstić information content (AvgIpc) is 3.03. The SMILES string of the molecule is CCCCN1CCCC2=C/C(=C3\C(=O)C(c4cc5c(cc4NC(=O)C(C)(C)C)N(CCCC)C(C)CC5)=C3O)C(=NC(=O)C(C)(C)C)C=C21. The van der Waals surface area contributed by atoms with Gasteiger partial charge in [-0.05, 0) is 80.9 Å². The first kappa shape index (κ1) is 36.3. The van der Waals surface area contributed by atoms with Gasteiger partial charge in [0.2, 0.25) is 11.7 Å². The number of carbonyl (C=O) groups excluding carboxylic acids is 3. The van der Waals surface area contributed by atoms with Crippen LogP contribution in [0.25, 0.3) is 5.57 Å². The first-order chi connectivity index (χ1) is 23.1. The van der Waals surface area contributed by atoms with Gasteiger partial charge < -0.3 is 20.2 Å². The van der Waals surface area contributed by atoms with Crippen molar-refractivity contribution in [2.24, 2.45) is 15.8 Å². The van der Waals surface area contributed by atoms with Gasteiger partial charge in [-0.25, -0.2) is 4.99 Å². The summed E-state index contributed by atoms with van der Waals surface area (Å²) >= 11 is 0. The molecule has 0 radical (unpaired) electrons. The van der Waals surface area contributed by atoms with Gasteiger partial charge in [0.05, 0.1) is 22.5 Å². The zero-order chi connectivity index (χ0) is 35.8. The highest BCUT2D eigenvalue weighted by molar-refractivity contribution is 6.42. The number of hydrogen-bond acceptors (Lipinski definition) is 6. The Kier molecular flexibility index (Phi) is 10.5. The highest BCUT2D eigenvalue weighted by atomic mass is 16.3. The van der Waals surface area contributed by atoms with Gasteiger partial charge in [0, 0.05) is 59.0 Å². The molecule has 1 aromatic carbocycles. The predicted molar refractivity (Wildman–Crippen MR) is 200 cm³/mol. The number of benzene rings is 1. The van der Waals surface area contributed by atoms with E-state index in [4.69, 9.17) is 0 Å². The summed E-state index contributed by atoms with van der Waals surface area (Å²) in [5.74, 6) is -0.891. The van der Waals surface area contributed by atoms with Crippen LogP contribution in [0.3, 0.4) is 0 Å². The molecule has 1 unspecified atom stereocenters. The number of amides is 2. The lowest BCUT2D eigenvalue weighted by molar-refractivity contribution is -0.125. The third-order valence-corrected chi connectivity index (χ3v) is 10.1. The van der Waals surface area contributed by atoms with E-state index in [1.807, 2.05) is 65.8 Å². The van der Waals surface area contributed by atoms with E-state index in [2.05, 4.69) is 40.9 Å². The van der Waals surface area contributed by atoms with Gasteiger partial charge in [-0.15, -0.1) is 0 Å². The summed E-state index contributed by atoms with van der Waals surface area (Å²) in [6.07, 6.45) is 11.8. The van der Waals surface area contributed by atoms with E-state index in [-0.39, 0.29) is 34.5 Å². The molecular weight excluding hydrogens is 612 g/mol. The molecule has 0 aromatic heterocycles. The summed E-state index contributed by atoms with van der Waals surface area (Å²) in [5.41, 5.74) is 5.24. The molecule has 8 heteroatoms. The second-order valence-electron chi connectivity index (χ2n) is 16.2. The number of allylic oxidation sites excluding steroid dienone is 6. The zero-order valence-electron chi connectivity index (χ0n) is 31.2. The number of aliphatic hydroxyl groups is 1. The number of aliphatic hydroxyl groups excluding tert-OH is 1. The summed E-state index contributed by atoms with van der Waals surface area (Å²) in [4.78, 5) is 50.3. The summed E-state index contributed by atoms with van der Waals surface area (Å²) in [6.45, 7) is 20.4. The molecule has 2 aliphatic heterocycles. The smallest absolute Gasteiger partial charge is 0.251 e. The van der Waals surface area contributed by atoms with Gasteiger partial charge in [0.15, 0.2) is 0 Å². The Morgan fingerprint density at radius 1 is 0.959 bits per heavy atom. The van der Waals surface area contributed by atoms with E-state index in [0.717, 1.165) is 93.5 Å². The second kappa shape index (κ2) is 14.1. The van der Waals surface area contributed by atoms with Crippen LogP contribution in [0.2, 0.25) is 0 Å². The maximum absolute atomic E-state index is 14.3. The van der Waals surface area contributed by atoms with Crippen molar-refractivity contribution < 1.29 is 19.5 Å². The van der Waals surface area contributed by atoms with Crippen LogP contribution in [0.1, 0.15) is 118 Å². The Labute approximate surface area is 293 Å². The van der Waals surface area contributed by atoms with Gasteiger partial charge >= 0.3 is 0 Å². The number of anilines is 2. The molecule has 2 aliphatic carbocycles. The van der Waals surface area contributed by atoms with Crippen molar-refractivity contribution in [2.75, 3.05) is 29.9 Å². The molecule has 1 atom stereocenters. The summed E-state index contributed by atoms with van der Waals surface area (Å²) in [7, 11) is 0. The van der Waals surface area contributed by atoms with Crippen molar-refractivity contribution in [1.29, 1.82) is 0 Å². The van der Waals surface area contributed by atoms with Crippen LogP contribution in [0.15, 0.2) is 57.5 Å². The molecule has 2 amide bonds. The molecular formula is C41H56N4O4. The van der Waals surface area contributed by atoms with E-state index in [9.17, 15) is 19.5 Å². The quantitative estimate of drug-likeness (QED) is 0.270. The van der Waals surface area contributed by atoms with Gasteiger partial charge in [0.25, 0.3) is 5.91 Å². The van der Waals surface area contributed by atoms with Crippen LogP contribution in [0.4, 0.5) is 11.4 Å². The number of aliphatic imine (C=N–C) groups is 1. The minimum absolute atomic E-state index is 0.124. The fraction of sp³-hybridized carbons (Fsp3) is 0.561. The standard InChI is InChI=1S/C41H56N4O4/c1-10-12-18-44-19-14-15-26-21-28(30(23-32(26)44)42-38(48)40(4,5)6)34-36(46)35(37(34)47)29-22-27-17-16-25(3)45(20-13-11-2)33(27)24-31(29)43-39(49)41(7,8)9/h21-25,46H,10-20H2,1-9H3,(H,43,49)/b34-28+,42-30?. The van der Waals surface area contributed by atoms with Crippen LogP contribution in [-0.4, -0.2) is 59.0 Å². The van der Waals surface area contributed by atoms with Crippen molar-refractivity contribution >= 4 is 40.3 Å². The van der Waals surface area contributed by atoms with E-state index in [1.54, 1.807) is 0 Å². The van der Waals surface area contributed by atoms with Crippen LogP contribution >= 0.6 is 0 Å². The lowest BCUT2D eigenvalue weighted by Crippen LogP contribution is -2.38. The van der Waals surface area contributed by atoms with E-state index in [0.29, 0.717) is 28.6 Å². The average molecular weight is 669 g/mol. The molecule has 49 heavy (non-hydrogen) atoms. The topological polar surface area (TPSA) is 102 Å². The van der Waals surface area contributed by atoms with E-state index < -0.39 is 10.8 Å². The highest BCUT2D eigenvalue weighted by Gasteiger charge is 2.41. The number of Topliss-reactive ketones (excluding diaryl/α,β-unsaturated/α-hetero) is 1. The number of nitrogens with one attached hydrogen (secondary N) is 1. The third kappa shape index (κ3) is 7.34. The molecule has 0 bridgehead atoms. The zero-order valence-corrected chi connectivity index (χ0v) is 31.2. The molecule has 1 saturated heterocycles. The molecule has 0 spiro atoms. The van der Waals surface area contributed by atoms with Crippen molar-refractivity contribution in [1.82, 2.24) is 4.90 Å². The van der Waals surface area contributed by atoms with Crippen LogP contribution in [0, 0.1) is 10.8 Å². The molecule has 5 rings (SSSR count). The van der Waals surface area contributed by atoms with Gasteiger partial charge in [-0.3, -0.25) is 14.4 Å². The van der Waals surface area contributed by atoms with Crippen LogP contribution in [-0.2, 0) is 20.8 Å². The number of unbranched alkanes of at least 4 members (excludes halogenated alkanes) is 2. The molecule has 4 aliphatic rings. The molecule has 8 nitrogen and oxygen atoms in total. The first-order valence-corrected chi connectivity index (χ1v) is 18.4. The van der Waals surface area contributed by atoms with Gasteiger partial charge in [-0.2, -0.15) is 0 Å². The second-order valence-corrected chi connectivity index (χ2v) is 16.2. The number of carbonyl (C=O) groups is 3. The van der Waals surface area contributed by atoms with Crippen LogP contribution < -0.4 is 10.2 Å². The van der Waals surface area contributed by atoms with Crippen molar-refractivity contribution in [3.05, 3.63) is 63.6 Å². The minimum atomic E-state index is -0.710. The van der Waals surface area contributed by atoms with Gasteiger partial charge in [0.1, 0.15) is 5.76 Å². The summed E-state index contributed by atoms with van der Waals surface area (Å²) in [6, 6.07) is 4.34.